The molecule has 1 aromatic heterocycles. The van der Waals surface area contributed by atoms with E-state index in [-0.39, 0.29) is 0 Å². The minimum atomic E-state index is 0.702. The Morgan fingerprint density at radius 2 is 1.52 bits per heavy atom. The van der Waals surface area contributed by atoms with Crippen LogP contribution < -0.4 is 14.7 Å². The fraction of sp³-hybridized carbons (Fsp3) is 0.565. The Balaban J connectivity index is 1.20. The standard InChI is InChI=1S/C23H32N6/c1-3-18-14-24-23(25-15-18)28-12-10-27(11-13-28)20-4-6-21(7-5-20)29-9-8-19-16-26(2)17-22(19)29/h4-7,14-15,19,22H,3,8-13,16-17H2,1-2H3. The van der Waals surface area contributed by atoms with Gasteiger partial charge in [-0.3, -0.25) is 0 Å². The molecule has 29 heavy (non-hydrogen) atoms. The van der Waals surface area contributed by atoms with Gasteiger partial charge in [0, 0.05) is 75.6 Å². The van der Waals surface area contributed by atoms with Gasteiger partial charge in [0.05, 0.1) is 0 Å². The van der Waals surface area contributed by atoms with Gasteiger partial charge in [-0.15, -0.1) is 0 Å². The highest BCUT2D eigenvalue weighted by Gasteiger charge is 2.40. The van der Waals surface area contributed by atoms with Gasteiger partial charge in [0.1, 0.15) is 0 Å². The number of piperazine rings is 1. The Hall–Kier alpha value is -2.34. The molecule has 154 valence electrons. The van der Waals surface area contributed by atoms with Gasteiger partial charge in [0.25, 0.3) is 0 Å². The summed E-state index contributed by atoms with van der Waals surface area (Å²) in [5, 5.41) is 0. The second kappa shape index (κ2) is 7.82. The van der Waals surface area contributed by atoms with Crippen LogP contribution in [0.15, 0.2) is 36.7 Å². The summed E-state index contributed by atoms with van der Waals surface area (Å²) in [5.74, 6) is 1.71. The maximum Gasteiger partial charge on any atom is 0.225 e. The SMILES string of the molecule is CCc1cnc(N2CCN(c3ccc(N4CCC5CN(C)CC54)cc3)CC2)nc1. The van der Waals surface area contributed by atoms with Crippen LogP contribution in [-0.4, -0.2) is 73.8 Å². The van der Waals surface area contributed by atoms with Gasteiger partial charge in [0.15, 0.2) is 0 Å². The number of fused-ring (bicyclic) bond motifs is 1. The number of aromatic nitrogens is 2. The van der Waals surface area contributed by atoms with Gasteiger partial charge in [-0.05, 0) is 55.6 Å². The van der Waals surface area contributed by atoms with Crippen LogP contribution >= 0.6 is 0 Å². The van der Waals surface area contributed by atoms with E-state index in [1.54, 1.807) is 0 Å². The molecule has 6 nitrogen and oxygen atoms in total. The molecule has 2 aromatic rings. The van der Waals surface area contributed by atoms with Crippen LogP contribution in [0.5, 0.6) is 0 Å². The minimum absolute atomic E-state index is 0.702. The predicted octanol–water partition coefficient (Wildman–Crippen LogP) is 2.51. The summed E-state index contributed by atoms with van der Waals surface area (Å²) in [7, 11) is 2.25. The topological polar surface area (TPSA) is 38.7 Å². The molecule has 0 spiro atoms. The summed E-state index contributed by atoms with van der Waals surface area (Å²) in [6.07, 6.45) is 6.23. The van der Waals surface area contributed by atoms with Gasteiger partial charge in [-0.1, -0.05) is 6.92 Å². The van der Waals surface area contributed by atoms with E-state index in [4.69, 9.17) is 0 Å². The first-order valence-electron chi connectivity index (χ1n) is 11.1. The quantitative estimate of drug-likeness (QED) is 0.796. The molecule has 3 aliphatic rings. The fourth-order valence-corrected chi connectivity index (χ4v) is 5.21. The minimum Gasteiger partial charge on any atom is -0.368 e. The van der Waals surface area contributed by atoms with E-state index in [1.165, 1.54) is 43.0 Å². The molecule has 3 fully saturated rings. The van der Waals surface area contributed by atoms with Crippen molar-refractivity contribution in [3.05, 3.63) is 42.2 Å². The number of anilines is 3. The molecule has 2 atom stereocenters. The predicted molar refractivity (Wildman–Crippen MR) is 119 cm³/mol. The maximum atomic E-state index is 4.55. The van der Waals surface area contributed by atoms with Crippen LogP contribution in [0.2, 0.25) is 0 Å². The average Bonchev–Trinajstić information content (AvgIpc) is 3.33. The summed E-state index contributed by atoms with van der Waals surface area (Å²) < 4.78 is 0. The molecule has 5 rings (SSSR count). The van der Waals surface area contributed by atoms with Crippen LogP contribution in [-0.2, 0) is 6.42 Å². The van der Waals surface area contributed by atoms with Crippen molar-refractivity contribution in [3.63, 3.8) is 0 Å². The van der Waals surface area contributed by atoms with Gasteiger partial charge < -0.3 is 19.6 Å². The lowest BCUT2D eigenvalue weighted by molar-refractivity contribution is 0.386. The van der Waals surface area contributed by atoms with Crippen molar-refractivity contribution in [1.82, 2.24) is 14.9 Å². The fourth-order valence-electron chi connectivity index (χ4n) is 5.21. The molecule has 0 aliphatic carbocycles. The molecule has 2 unspecified atom stereocenters. The van der Waals surface area contributed by atoms with E-state index in [0.29, 0.717) is 6.04 Å². The molecule has 0 amide bonds. The van der Waals surface area contributed by atoms with Crippen LogP contribution in [0.4, 0.5) is 17.3 Å². The lowest BCUT2D eigenvalue weighted by atomic mass is 10.0. The molecule has 6 heteroatoms. The first kappa shape index (κ1) is 18.7. The number of rotatable bonds is 4. The third-order valence-electron chi connectivity index (χ3n) is 6.94. The number of likely N-dealkylation sites (N-methyl/N-ethyl adjacent to an activating group) is 1. The lowest BCUT2D eigenvalue weighted by Gasteiger charge is -2.36. The van der Waals surface area contributed by atoms with Crippen molar-refractivity contribution >= 4 is 17.3 Å². The van der Waals surface area contributed by atoms with Crippen LogP contribution in [0.1, 0.15) is 18.9 Å². The van der Waals surface area contributed by atoms with Gasteiger partial charge in [-0.2, -0.15) is 0 Å². The van der Waals surface area contributed by atoms with Crippen LogP contribution in [0.3, 0.4) is 0 Å². The Morgan fingerprint density at radius 1 is 0.862 bits per heavy atom. The normalized spacial score (nSPS) is 25.0. The number of benzene rings is 1. The summed E-state index contributed by atoms with van der Waals surface area (Å²) in [6, 6.07) is 9.98. The van der Waals surface area contributed by atoms with Gasteiger partial charge >= 0.3 is 0 Å². The smallest absolute Gasteiger partial charge is 0.225 e. The van der Waals surface area contributed by atoms with E-state index in [0.717, 1.165) is 44.5 Å². The molecular formula is C23H32N6. The largest absolute Gasteiger partial charge is 0.368 e. The number of likely N-dealkylation sites (tertiary alicyclic amines) is 1. The Morgan fingerprint density at radius 3 is 2.21 bits per heavy atom. The maximum absolute atomic E-state index is 4.55. The Labute approximate surface area is 174 Å². The van der Waals surface area contributed by atoms with E-state index in [1.807, 2.05) is 12.4 Å². The number of aryl methyl sites for hydroxylation is 1. The van der Waals surface area contributed by atoms with E-state index in [9.17, 15) is 0 Å². The number of hydrogen-bond acceptors (Lipinski definition) is 6. The van der Waals surface area contributed by atoms with E-state index < -0.39 is 0 Å². The molecule has 0 saturated carbocycles. The molecule has 3 aliphatic heterocycles. The summed E-state index contributed by atoms with van der Waals surface area (Å²) >= 11 is 0. The second-order valence-electron chi connectivity index (χ2n) is 8.77. The first-order chi connectivity index (χ1) is 14.2. The zero-order valence-corrected chi connectivity index (χ0v) is 17.7. The van der Waals surface area contributed by atoms with Gasteiger partial charge in [-0.25, -0.2) is 9.97 Å². The van der Waals surface area contributed by atoms with Crippen LogP contribution in [0, 0.1) is 5.92 Å². The van der Waals surface area contributed by atoms with Crippen molar-refractivity contribution in [1.29, 1.82) is 0 Å². The molecule has 0 N–H and O–H groups in total. The van der Waals surface area contributed by atoms with Crippen LogP contribution in [0.25, 0.3) is 0 Å². The molecule has 4 heterocycles. The van der Waals surface area contributed by atoms with Crippen molar-refractivity contribution in [2.45, 2.75) is 25.8 Å². The molecule has 3 saturated heterocycles. The third-order valence-corrected chi connectivity index (χ3v) is 6.94. The zero-order chi connectivity index (χ0) is 19.8. The Kier molecular flexibility index (Phi) is 5.04. The summed E-state index contributed by atoms with van der Waals surface area (Å²) in [5.41, 5.74) is 3.91. The molecule has 0 radical (unpaired) electrons. The first-order valence-corrected chi connectivity index (χ1v) is 11.1. The Bertz CT molecular complexity index is 812. The molecule has 0 bridgehead atoms. The van der Waals surface area contributed by atoms with Crippen molar-refractivity contribution < 1.29 is 0 Å². The highest BCUT2D eigenvalue weighted by molar-refractivity contribution is 5.58. The highest BCUT2D eigenvalue weighted by atomic mass is 15.3. The van der Waals surface area contributed by atoms with E-state index >= 15 is 0 Å². The lowest BCUT2D eigenvalue weighted by Crippen LogP contribution is -2.47. The summed E-state index contributed by atoms with van der Waals surface area (Å²) in [6.45, 7) is 9.76. The van der Waals surface area contributed by atoms with Gasteiger partial charge in [0.2, 0.25) is 5.95 Å². The average molecular weight is 393 g/mol. The number of hydrogen-bond donors (Lipinski definition) is 0. The van der Waals surface area contributed by atoms with Crippen molar-refractivity contribution in [2.24, 2.45) is 5.92 Å². The third kappa shape index (κ3) is 3.66. The molecule has 1 aromatic carbocycles. The molecular weight excluding hydrogens is 360 g/mol. The summed E-state index contributed by atoms with van der Waals surface area (Å²) in [4.78, 5) is 19.0. The second-order valence-corrected chi connectivity index (χ2v) is 8.77. The van der Waals surface area contributed by atoms with E-state index in [2.05, 4.69) is 67.8 Å². The number of nitrogens with zero attached hydrogens (tertiary/aromatic N) is 6. The van der Waals surface area contributed by atoms with Crippen molar-refractivity contribution in [2.75, 3.05) is 67.6 Å². The van der Waals surface area contributed by atoms with Crippen molar-refractivity contribution in [3.8, 4) is 0 Å². The monoisotopic (exact) mass is 392 g/mol. The highest BCUT2D eigenvalue weighted by Crippen LogP contribution is 2.35. The zero-order valence-electron chi connectivity index (χ0n) is 17.7.